The van der Waals surface area contributed by atoms with Gasteiger partial charge in [0.1, 0.15) is 11.6 Å². The number of nitrogens with zero attached hydrogens (tertiary/aromatic N) is 1. The Morgan fingerprint density at radius 1 is 1.33 bits per heavy atom. The number of benzene rings is 2. The first-order valence-corrected chi connectivity index (χ1v) is 7.45. The summed E-state index contributed by atoms with van der Waals surface area (Å²) in [4.78, 5) is 12.2. The van der Waals surface area contributed by atoms with Gasteiger partial charge in [0.15, 0.2) is 11.5 Å². The number of nitriles is 1. The Morgan fingerprint density at radius 2 is 2.08 bits per heavy atom. The molecule has 0 bridgehead atoms. The lowest BCUT2D eigenvalue weighted by Crippen LogP contribution is -2.13. The van der Waals surface area contributed by atoms with Gasteiger partial charge in [-0.25, -0.2) is 0 Å². The van der Waals surface area contributed by atoms with Gasteiger partial charge in [-0.2, -0.15) is 5.26 Å². The van der Waals surface area contributed by atoms with Crippen LogP contribution in [0.25, 0.3) is 6.08 Å². The van der Waals surface area contributed by atoms with Crippen LogP contribution in [0.2, 0.25) is 10.0 Å². The lowest BCUT2D eigenvalue weighted by atomic mass is 10.1. The molecule has 0 spiro atoms. The van der Waals surface area contributed by atoms with Crippen LogP contribution in [-0.4, -0.2) is 18.1 Å². The summed E-state index contributed by atoms with van der Waals surface area (Å²) in [7, 11) is 1.37. The molecule has 2 aromatic carbocycles. The summed E-state index contributed by atoms with van der Waals surface area (Å²) in [6.45, 7) is 0. The van der Waals surface area contributed by atoms with Gasteiger partial charge in [-0.1, -0.05) is 29.3 Å². The number of methoxy groups -OCH3 is 1. The standard InChI is InChI=1S/C17H12Cl2N2O3/c1-24-15-7-10(6-14(19)16(15)22)5-11(9-20)17(23)21-13-4-2-3-12(18)8-13/h2-8,22H,1H3,(H,21,23)/b11-5+. The molecule has 0 radical (unpaired) electrons. The number of phenolic OH excluding ortho intramolecular Hbond substituents is 1. The van der Waals surface area contributed by atoms with Crippen LogP contribution in [-0.2, 0) is 4.79 Å². The molecule has 2 aromatic rings. The molecule has 0 saturated heterocycles. The van der Waals surface area contributed by atoms with Gasteiger partial charge < -0.3 is 15.2 Å². The molecule has 0 saturated carbocycles. The first-order valence-electron chi connectivity index (χ1n) is 6.70. The number of hydrogen-bond acceptors (Lipinski definition) is 4. The number of hydrogen-bond donors (Lipinski definition) is 2. The number of phenols is 1. The summed E-state index contributed by atoms with van der Waals surface area (Å²) in [5, 5.41) is 22.0. The fourth-order valence-corrected chi connectivity index (χ4v) is 2.32. The van der Waals surface area contributed by atoms with Crippen LogP contribution >= 0.6 is 23.2 Å². The average Bonchev–Trinajstić information content (AvgIpc) is 2.55. The second-order valence-corrected chi connectivity index (χ2v) is 5.53. The number of aromatic hydroxyl groups is 1. The van der Waals surface area contributed by atoms with Gasteiger partial charge in [-0.05, 0) is 42.0 Å². The molecule has 0 aliphatic heterocycles. The van der Waals surface area contributed by atoms with Crippen LogP contribution in [0.3, 0.4) is 0 Å². The fraction of sp³-hybridized carbons (Fsp3) is 0.0588. The topological polar surface area (TPSA) is 82.3 Å². The molecule has 2 N–H and O–H groups in total. The normalized spacial score (nSPS) is 10.8. The van der Waals surface area contributed by atoms with Crippen LogP contribution in [0.5, 0.6) is 11.5 Å². The summed E-state index contributed by atoms with van der Waals surface area (Å²) in [5.41, 5.74) is 0.765. The van der Waals surface area contributed by atoms with E-state index >= 15 is 0 Å². The van der Waals surface area contributed by atoms with E-state index in [4.69, 9.17) is 27.9 Å². The van der Waals surface area contributed by atoms with Gasteiger partial charge in [0, 0.05) is 10.7 Å². The molecule has 0 atom stereocenters. The number of nitrogens with one attached hydrogen (secondary N) is 1. The van der Waals surface area contributed by atoms with Crippen molar-refractivity contribution in [2.75, 3.05) is 12.4 Å². The Balaban J connectivity index is 2.31. The predicted molar refractivity (Wildman–Crippen MR) is 93.3 cm³/mol. The zero-order chi connectivity index (χ0) is 17.7. The van der Waals surface area contributed by atoms with Gasteiger partial charge in [0.05, 0.1) is 12.1 Å². The van der Waals surface area contributed by atoms with Crippen molar-refractivity contribution in [3.63, 3.8) is 0 Å². The molecule has 2 rings (SSSR count). The molecule has 122 valence electrons. The molecule has 0 heterocycles. The van der Waals surface area contributed by atoms with Crippen molar-refractivity contribution in [3.8, 4) is 17.6 Å². The maximum atomic E-state index is 12.2. The van der Waals surface area contributed by atoms with E-state index in [1.807, 2.05) is 6.07 Å². The number of carbonyl (C=O) groups is 1. The third kappa shape index (κ3) is 4.19. The van der Waals surface area contributed by atoms with E-state index in [1.165, 1.54) is 25.3 Å². The Labute approximate surface area is 148 Å². The highest BCUT2D eigenvalue weighted by atomic mass is 35.5. The Morgan fingerprint density at radius 3 is 2.71 bits per heavy atom. The second kappa shape index (κ2) is 7.73. The van der Waals surface area contributed by atoms with Crippen LogP contribution in [0.15, 0.2) is 42.0 Å². The monoisotopic (exact) mass is 362 g/mol. The molecule has 0 aliphatic rings. The maximum absolute atomic E-state index is 12.2. The smallest absolute Gasteiger partial charge is 0.266 e. The van der Waals surface area contributed by atoms with E-state index in [0.717, 1.165) is 0 Å². The van der Waals surface area contributed by atoms with Gasteiger partial charge in [0.25, 0.3) is 5.91 Å². The lowest BCUT2D eigenvalue weighted by Gasteiger charge is -2.07. The largest absolute Gasteiger partial charge is 0.503 e. The van der Waals surface area contributed by atoms with Crippen LogP contribution in [0, 0.1) is 11.3 Å². The van der Waals surface area contributed by atoms with Crippen molar-refractivity contribution in [1.82, 2.24) is 0 Å². The van der Waals surface area contributed by atoms with Gasteiger partial charge >= 0.3 is 0 Å². The zero-order valence-electron chi connectivity index (χ0n) is 12.5. The molecule has 5 nitrogen and oxygen atoms in total. The van der Waals surface area contributed by atoms with Gasteiger partial charge in [-0.15, -0.1) is 0 Å². The van der Waals surface area contributed by atoms with E-state index in [0.29, 0.717) is 16.3 Å². The minimum absolute atomic E-state index is 0.0492. The highest BCUT2D eigenvalue weighted by Gasteiger charge is 2.12. The fourth-order valence-electron chi connectivity index (χ4n) is 1.91. The van der Waals surface area contributed by atoms with Gasteiger partial charge in [0.2, 0.25) is 0 Å². The SMILES string of the molecule is COc1cc(/C=C(\C#N)C(=O)Nc2cccc(Cl)c2)cc(Cl)c1O. The molecule has 7 heteroatoms. The first-order chi connectivity index (χ1) is 11.4. The van der Waals surface area contributed by atoms with E-state index < -0.39 is 5.91 Å². The summed E-state index contributed by atoms with van der Waals surface area (Å²) < 4.78 is 4.99. The molecule has 0 fully saturated rings. The average molecular weight is 363 g/mol. The number of amides is 1. The minimum Gasteiger partial charge on any atom is -0.503 e. The zero-order valence-corrected chi connectivity index (χ0v) is 14.0. The maximum Gasteiger partial charge on any atom is 0.266 e. The Bertz CT molecular complexity index is 857. The third-order valence-electron chi connectivity index (χ3n) is 3.03. The van der Waals surface area contributed by atoms with E-state index in [2.05, 4.69) is 5.32 Å². The Hall–Kier alpha value is -2.68. The minimum atomic E-state index is -0.595. The molecular weight excluding hydrogens is 351 g/mol. The molecule has 0 unspecified atom stereocenters. The number of carbonyl (C=O) groups excluding carboxylic acids is 1. The lowest BCUT2D eigenvalue weighted by molar-refractivity contribution is -0.112. The summed E-state index contributed by atoms with van der Waals surface area (Å²) in [6.07, 6.45) is 1.34. The molecule has 0 aromatic heterocycles. The number of rotatable bonds is 4. The van der Waals surface area contributed by atoms with Gasteiger partial charge in [-0.3, -0.25) is 4.79 Å². The molecule has 1 amide bonds. The van der Waals surface area contributed by atoms with Crippen molar-refractivity contribution in [1.29, 1.82) is 5.26 Å². The number of ether oxygens (including phenoxy) is 1. The Kier molecular flexibility index (Phi) is 5.69. The highest BCUT2D eigenvalue weighted by Crippen LogP contribution is 2.35. The third-order valence-corrected chi connectivity index (χ3v) is 3.55. The van der Waals surface area contributed by atoms with Crippen molar-refractivity contribution in [2.45, 2.75) is 0 Å². The summed E-state index contributed by atoms with van der Waals surface area (Å²) in [6, 6.07) is 11.3. The van der Waals surface area contributed by atoms with Crippen LogP contribution in [0.1, 0.15) is 5.56 Å². The van der Waals surface area contributed by atoms with Crippen LogP contribution < -0.4 is 10.1 Å². The van der Waals surface area contributed by atoms with Crippen molar-refractivity contribution in [2.24, 2.45) is 0 Å². The van der Waals surface area contributed by atoms with Crippen molar-refractivity contribution < 1.29 is 14.6 Å². The number of anilines is 1. The summed E-state index contributed by atoms with van der Waals surface area (Å²) in [5.74, 6) is -0.664. The summed E-state index contributed by atoms with van der Waals surface area (Å²) >= 11 is 11.7. The molecule has 24 heavy (non-hydrogen) atoms. The van der Waals surface area contributed by atoms with Crippen molar-refractivity contribution >= 4 is 40.9 Å². The predicted octanol–water partition coefficient (Wildman–Crippen LogP) is 4.25. The quantitative estimate of drug-likeness (QED) is 0.628. The first kappa shape index (κ1) is 17.7. The van der Waals surface area contributed by atoms with Crippen LogP contribution in [0.4, 0.5) is 5.69 Å². The van der Waals surface area contributed by atoms with E-state index in [9.17, 15) is 15.2 Å². The number of halogens is 2. The van der Waals surface area contributed by atoms with E-state index in [-0.39, 0.29) is 22.1 Å². The van der Waals surface area contributed by atoms with E-state index in [1.54, 1.807) is 24.3 Å². The second-order valence-electron chi connectivity index (χ2n) is 4.69. The van der Waals surface area contributed by atoms with Crippen molar-refractivity contribution in [3.05, 3.63) is 57.6 Å². The highest BCUT2D eigenvalue weighted by molar-refractivity contribution is 6.32. The molecular formula is C17H12Cl2N2O3. The molecule has 0 aliphatic carbocycles.